The van der Waals surface area contributed by atoms with Gasteiger partial charge < -0.3 is 5.73 Å². The molecule has 0 saturated heterocycles. The molecule has 2 heteroatoms. The summed E-state index contributed by atoms with van der Waals surface area (Å²) in [7, 11) is 0. The fourth-order valence-corrected chi connectivity index (χ4v) is 2.60. The van der Waals surface area contributed by atoms with Crippen LogP contribution in [0.2, 0.25) is 0 Å². The second-order valence-electron chi connectivity index (χ2n) is 5.29. The predicted octanol–water partition coefficient (Wildman–Crippen LogP) is 3.56. The first-order valence-corrected chi connectivity index (χ1v) is 6.62. The minimum absolute atomic E-state index is 0.144. The Bertz CT molecular complexity index is 618. The molecule has 3 rings (SSSR count). The lowest BCUT2D eigenvalue weighted by Gasteiger charge is -2.04. The lowest BCUT2D eigenvalue weighted by Crippen LogP contribution is -2.04. The van der Waals surface area contributed by atoms with Gasteiger partial charge in [-0.2, -0.15) is 0 Å². The molecule has 1 saturated carbocycles. The van der Waals surface area contributed by atoms with E-state index in [4.69, 9.17) is 5.73 Å². The number of carbonyl (C=O) groups excluding carboxylic acids is 1. The van der Waals surface area contributed by atoms with Gasteiger partial charge in [0.2, 0.25) is 0 Å². The number of Topliss-reactive ketones (excluding diaryl/α,β-unsaturated/α-hetero) is 1. The summed E-state index contributed by atoms with van der Waals surface area (Å²) in [6, 6.07) is 15.8. The van der Waals surface area contributed by atoms with Crippen LogP contribution in [0.15, 0.2) is 48.5 Å². The molecule has 0 aliphatic heterocycles. The smallest absolute Gasteiger partial charge is 0.166 e. The Hall–Kier alpha value is -2.09. The molecule has 0 amide bonds. The van der Waals surface area contributed by atoms with Gasteiger partial charge in [0.25, 0.3) is 0 Å². The third kappa shape index (κ3) is 2.26. The summed E-state index contributed by atoms with van der Waals surface area (Å²) in [6.07, 6.45) is 0.965. The van der Waals surface area contributed by atoms with Crippen molar-refractivity contribution in [3.63, 3.8) is 0 Å². The van der Waals surface area contributed by atoms with Gasteiger partial charge in [-0.15, -0.1) is 0 Å². The average Bonchev–Trinajstić information content (AvgIpc) is 3.22. The number of anilines is 1. The van der Waals surface area contributed by atoms with Crippen LogP contribution < -0.4 is 5.73 Å². The standard InChI is InChI=1S/C17H17NO/c1-11-9-13(7-8-16(11)18)17(19)15-10-14(15)12-5-3-2-4-6-12/h2-9,14-15H,10,18H2,1H3. The van der Waals surface area contributed by atoms with Gasteiger partial charge in [0.1, 0.15) is 0 Å². The number of carbonyl (C=O) groups is 1. The second kappa shape index (κ2) is 4.54. The van der Waals surface area contributed by atoms with Crippen molar-refractivity contribution in [2.45, 2.75) is 19.3 Å². The Balaban J connectivity index is 1.78. The van der Waals surface area contributed by atoms with E-state index in [1.807, 2.05) is 43.3 Å². The van der Waals surface area contributed by atoms with Gasteiger partial charge >= 0.3 is 0 Å². The molecular weight excluding hydrogens is 234 g/mol. The maximum absolute atomic E-state index is 12.4. The topological polar surface area (TPSA) is 43.1 Å². The fourth-order valence-electron chi connectivity index (χ4n) is 2.60. The van der Waals surface area contributed by atoms with Crippen LogP contribution in [0.1, 0.15) is 33.8 Å². The number of aryl methyl sites for hydroxylation is 1. The SMILES string of the molecule is Cc1cc(C(=O)C2CC2c2ccccc2)ccc1N. The van der Waals surface area contributed by atoms with Gasteiger partial charge in [-0.3, -0.25) is 4.79 Å². The van der Waals surface area contributed by atoms with Crippen LogP contribution in [0.5, 0.6) is 0 Å². The van der Waals surface area contributed by atoms with E-state index in [1.165, 1.54) is 5.56 Å². The highest BCUT2D eigenvalue weighted by Crippen LogP contribution is 2.49. The predicted molar refractivity (Wildman–Crippen MR) is 77.2 cm³/mol. The van der Waals surface area contributed by atoms with Crippen LogP contribution in [0.25, 0.3) is 0 Å². The van der Waals surface area contributed by atoms with E-state index >= 15 is 0 Å². The van der Waals surface area contributed by atoms with Crippen molar-refractivity contribution in [2.24, 2.45) is 5.92 Å². The number of hydrogen-bond acceptors (Lipinski definition) is 2. The lowest BCUT2D eigenvalue weighted by atomic mass is 10.0. The highest BCUT2D eigenvalue weighted by Gasteiger charge is 2.43. The third-order valence-electron chi connectivity index (χ3n) is 3.91. The van der Waals surface area contributed by atoms with E-state index in [2.05, 4.69) is 12.1 Å². The highest BCUT2D eigenvalue weighted by molar-refractivity contribution is 6.00. The Morgan fingerprint density at radius 2 is 1.89 bits per heavy atom. The van der Waals surface area contributed by atoms with Crippen LogP contribution in [-0.2, 0) is 0 Å². The normalized spacial score (nSPS) is 21.1. The highest BCUT2D eigenvalue weighted by atomic mass is 16.1. The molecule has 2 atom stereocenters. The lowest BCUT2D eigenvalue weighted by molar-refractivity contribution is 0.0965. The van der Waals surface area contributed by atoms with E-state index in [-0.39, 0.29) is 11.7 Å². The molecule has 0 spiro atoms. The molecule has 0 aromatic heterocycles. The monoisotopic (exact) mass is 251 g/mol. The maximum Gasteiger partial charge on any atom is 0.166 e. The fraction of sp³-hybridized carbons (Fsp3) is 0.235. The molecule has 96 valence electrons. The number of rotatable bonds is 3. The van der Waals surface area contributed by atoms with Gasteiger partial charge in [-0.05, 0) is 48.6 Å². The Morgan fingerprint density at radius 1 is 1.16 bits per heavy atom. The number of nitrogen functional groups attached to an aromatic ring is 1. The van der Waals surface area contributed by atoms with Gasteiger partial charge in [0.15, 0.2) is 5.78 Å². The molecule has 19 heavy (non-hydrogen) atoms. The zero-order valence-electron chi connectivity index (χ0n) is 11.0. The molecule has 2 aromatic carbocycles. The van der Waals surface area contributed by atoms with Crippen molar-refractivity contribution in [3.05, 3.63) is 65.2 Å². The number of ketones is 1. The molecule has 2 unspecified atom stereocenters. The first-order chi connectivity index (χ1) is 9.16. The summed E-state index contributed by atoms with van der Waals surface area (Å²) < 4.78 is 0. The second-order valence-corrected chi connectivity index (χ2v) is 5.29. The molecule has 1 fully saturated rings. The number of hydrogen-bond donors (Lipinski definition) is 1. The van der Waals surface area contributed by atoms with Crippen molar-refractivity contribution >= 4 is 11.5 Å². The zero-order chi connectivity index (χ0) is 13.4. The van der Waals surface area contributed by atoms with Crippen molar-refractivity contribution < 1.29 is 4.79 Å². The van der Waals surface area contributed by atoms with E-state index in [0.29, 0.717) is 5.92 Å². The first-order valence-electron chi connectivity index (χ1n) is 6.62. The van der Waals surface area contributed by atoms with Crippen LogP contribution in [-0.4, -0.2) is 5.78 Å². The molecule has 0 heterocycles. The van der Waals surface area contributed by atoms with E-state index in [1.54, 1.807) is 0 Å². The van der Waals surface area contributed by atoms with Crippen LogP contribution in [0, 0.1) is 12.8 Å². The van der Waals surface area contributed by atoms with Crippen LogP contribution in [0.4, 0.5) is 5.69 Å². The Labute approximate surface area is 113 Å². The van der Waals surface area contributed by atoms with Gasteiger partial charge in [0, 0.05) is 17.2 Å². The molecule has 0 bridgehead atoms. The molecule has 1 aliphatic rings. The molecule has 0 radical (unpaired) electrons. The largest absolute Gasteiger partial charge is 0.399 e. The Morgan fingerprint density at radius 3 is 2.58 bits per heavy atom. The summed E-state index contributed by atoms with van der Waals surface area (Å²) in [6.45, 7) is 1.94. The molecule has 2 nitrogen and oxygen atoms in total. The quantitative estimate of drug-likeness (QED) is 0.669. The summed E-state index contributed by atoms with van der Waals surface area (Å²) in [4.78, 5) is 12.4. The van der Waals surface area contributed by atoms with Crippen molar-refractivity contribution in [1.82, 2.24) is 0 Å². The minimum Gasteiger partial charge on any atom is -0.399 e. The maximum atomic E-state index is 12.4. The number of nitrogens with two attached hydrogens (primary N) is 1. The molecule has 1 aliphatic carbocycles. The van der Waals surface area contributed by atoms with Crippen molar-refractivity contribution in [3.8, 4) is 0 Å². The molecular formula is C17H17NO. The molecule has 2 N–H and O–H groups in total. The third-order valence-corrected chi connectivity index (χ3v) is 3.91. The number of benzene rings is 2. The summed E-state index contributed by atoms with van der Waals surface area (Å²) >= 11 is 0. The van der Waals surface area contributed by atoms with Crippen molar-refractivity contribution in [2.75, 3.05) is 5.73 Å². The van der Waals surface area contributed by atoms with E-state index < -0.39 is 0 Å². The van der Waals surface area contributed by atoms with Gasteiger partial charge in [0.05, 0.1) is 0 Å². The summed E-state index contributed by atoms with van der Waals surface area (Å²) in [5.74, 6) is 0.786. The van der Waals surface area contributed by atoms with E-state index in [9.17, 15) is 4.79 Å². The Kier molecular flexibility index (Phi) is 2.86. The first kappa shape index (κ1) is 12.0. The summed E-state index contributed by atoms with van der Waals surface area (Å²) in [5, 5.41) is 0. The minimum atomic E-state index is 0.144. The van der Waals surface area contributed by atoms with Gasteiger partial charge in [-0.1, -0.05) is 30.3 Å². The molecule has 2 aromatic rings. The zero-order valence-corrected chi connectivity index (χ0v) is 11.0. The van der Waals surface area contributed by atoms with E-state index in [0.717, 1.165) is 23.2 Å². The van der Waals surface area contributed by atoms with Crippen LogP contribution >= 0.6 is 0 Å². The van der Waals surface area contributed by atoms with Gasteiger partial charge in [-0.25, -0.2) is 0 Å². The van der Waals surface area contributed by atoms with Crippen molar-refractivity contribution in [1.29, 1.82) is 0 Å². The summed E-state index contributed by atoms with van der Waals surface area (Å²) in [5.41, 5.74) is 9.56. The van der Waals surface area contributed by atoms with Crippen LogP contribution in [0.3, 0.4) is 0 Å². The average molecular weight is 251 g/mol.